The van der Waals surface area contributed by atoms with E-state index in [2.05, 4.69) is 50.5 Å². The molecule has 2 bridgehead atoms. The second kappa shape index (κ2) is 4.08. The molecule has 3 rings (SSSR count). The molecule has 3 unspecified atom stereocenters. The van der Waals surface area contributed by atoms with Crippen LogP contribution in [-0.2, 0) is 0 Å². The van der Waals surface area contributed by atoms with Gasteiger partial charge in [-0.1, -0.05) is 26.8 Å². The number of hydrogen-bond acceptors (Lipinski definition) is 2. The van der Waals surface area contributed by atoms with Crippen LogP contribution >= 0.6 is 11.3 Å². The average molecular weight is 263 g/mol. The molecular formula is C16H25NS. The highest BCUT2D eigenvalue weighted by Crippen LogP contribution is 2.62. The third kappa shape index (κ3) is 1.77. The van der Waals surface area contributed by atoms with Gasteiger partial charge in [-0.3, -0.25) is 0 Å². The maximum absolute atomic E-state index is 3.95. The summed E-state index contributed by atoms with van der Waals surface area (Å²) in [6, 6.07) is 5.57. The monoisotopic (exact) mass is 263 g/mol. The van der Waals surface area contributed by atoms with Crippen LogP contribution in [0.5, 0.6) is 0 Å². The summed E-state index contributed by atoms with van der Waals surface area (Å²) in [5.41, 5.74) is 0.984. The molecule has 0 amide bonds. The van der Waals surface area contributed by atoms with E-state index in [1.165, 1.54) is 24.1 Å². The van der Waals surface area contributed by atoms with Crippen molar-refractivity contribution in [3.05, 3.63) is 22.4 Å². The Morgan fingerprint density at radius 2 is 2.17 bits per heavy atom. The SMILES string of the molecule is C[C@H](NC1C2(C)CCC(C2)C1(C)C)c1cccs1. The lowest BCUT2D eigenvalue weighted by atomic mass is 9.68. The van der Waals surface area contributed by atoms with Crippen molar-refractivity contribution in [3.63, 3.8) is 0 Å². The molecule has 2 aliphatic rings. The Labute approximate surface area is 115 Å². The lowest BCUT2D eigenvalue weighted by Gasteiger charge is -2.44. The van der Waals surface area contributed by atoms with E-state index in [1.54, 1.807) is 0 Å². The minimum absolute atomic E-state index is 0.457. The molecule has 2 aliphatic carbocycles. The number of thiophene rings is 1. The molecule has 100 valence electrons. The van der Waals surface area contributed by atoms with Crippen molar-refractivity contribution in [2.45, 2.75) is 59.0 Å². The van der Waals surface area contributed by atoms with Crippen molar-refractivity contribution in [2.75, 3.05) is 0 Å². The second-order valence-electron chi connectivity index (χ2n) is 7.25. The van der Waals surface area contributed by atoms with Gasteiger partial charge in [0, 0.05) is 17.0 Å². The molecule has 0 aromatic carbocycles. The van der Waals surface area contributed by atoms with E-state index < -0.39 is 0 Å². The van der Waals surface area contributed by atoms with Crippen LogP contribution in [0.25, 0.3) is 0 Å². The molecule has 0 spiro atoms. The quantitative estimate of drug-likeness (QED) is 0.839. The number of rotatable bonds is 3. The zero-order valence-electron chi connectivity index (χ0n) is 12.0. The molecule has 2 fully saturated rings. The highest BCUT2D eigenvalue weighted by molar-refractivity contribution is 7.10. The molecule has 18 heavy (non-hydrogen) atoms. The summed E-state index contributed by atoms with van der Waals surface area (Å²) >= 11 is 1.87. The van der Waals surface area contributed by atoms with Gasteiger partial charge in [0.1, 0.15) is 0 Å². The highest BCUT2D eigenvalue weighted by atomic mass is 32.1. The van der Waals surface area contributed by atoms with E-state index in [1.807, 2.05) is 11.3 Å². The Kier molecular flexibility index (Phi) is 2.87. The molecule has 0 radical (unpaired) electrons. The van der Waals surface area contributed by atoms with Gasteiger partial charge >= 0.3 is 0 Å². The van der Waals surface area contributed by atoms with E-state index in [0.29, 0.717) is 22.9 Å². The van der Waals surface area contributed by atoms with Crippen LogP contribution in [0.15, 0.2) is 17.5 Å². The smallest absolute Gasteiger partial charge is 0.0388 e. The van der Waals surface area contributed by atoms with E-state index in [4.69, 9.17) is 0 Å². The Morgan fingerprint density at radius 1 is 1.39 bits per heavy atom. The predicted octanol–water partition coefficient (Wildman–Crippen LogP) is 4.61. The van der Waals surface area contributed by atoms with E-state index >= 15 is 0 Å². The van der Waals surface area contributed by atoms with Crippen molar-refractivity contribution < 1.29 is 0 Å². The predicted molar refractivity (Wildman–Crippen MR) is 78.9 cm³/mol. The standard InChI is InChI=1S/C16H25NS/c1-11(13-6-5-9-18-13)17-14-15(2,3)12-7-8-16(14,4)10-12/h5-6,9,11-12,14,17H,7-8,10H2,1-4H3/t11-,12?,14?,16?/m0/s1. The lowest BCUT2D eigenvalue weighted by Crippen LogP contribution is -2.50. The Bertz CT molecular complexity index is 418. The van der Waals surface area contributed by atoms with Crippen molar-refractivity contribution in [2.24, 2.45) is 16.7 Å². The normalized spacial score (nSPS) is 39.1. The zero-order valence-corrected chi connectivity index (χ0v) is 12.8. The number of fused-ring (bicyclic) bond motifs is 2. The summed E-state index contributed by atoms with van der Waals surface area (Å²) in [4.78, 5) is 1.47. The summed E-state index contributed by atoms with van der Waals surface area (Å²) in [5, 5.41) is 6.14. The summed E-state index contributed by atoms with van der Waals surface area (Å²) in [7, 11) is 0. The minimum Gasteiger partial charge on any atom is -0.306 e. The second-order valence-corrected chi connectivity index (χ2v) is 8.23. The minimum atomic E-state index is 0.457. The first-order valence-electron chi connectivity index (χ1n) is 7.23. The van der Waals surface area contributed by atoms with Crippen LogP contribution in [0.4, 0.5) is 0 Å². The van der Waals surface area contributed by atoms with Crippen molar-refractivity contribution in [3.8, 4) is 0 Å². The first-order chi connectivity index (χ1) is 8.43. The Balaban J connectivity index is 1.80. The van der Waals surface area contributed by atoms with Gasteiger partial charge in [-0.05, 0) is 54.4 Å². The van der Waals surface area contributed by atoms with Gasteiger partial charge < -0.3 is 5.32 Å². The van der Waals surface area contributed by atoms with Gasteiger partial charge in [0.2, 0.25) is 0 Å². The molecule has 1 nitrogen and oxygen atoms in total. The van der Waals surface area contributed by atoms with Gasteiger partial charge in [-0.25, -0.2) is 0 Å². The zero-order chi connectivity index (χ0) is 13.0. The van der Waals surface area contributed by atoms with Gasteiger partial charge in [-0.2, -0.15) is 0 Å². The molecule has 0 saturated heterocycles. The molecular weight excluding hydrogens is 238 g/mol. The Hall–Kier alpha value is -0.340. The third-order valence-corrected chi connectivity index (χ3v) is 6.71. The molecule has 2 saturated carbocycles. The highest BCUT2D eigenvalue weighted by Gasteiger charge is 2.59. The molecule has 1 aromatic heterocycles. The van der Waals surface area contributed by atoms with Gasteiger partial charge in [0.15, 0.2) is 0 Å². The van der Waals surface area contributed by atoms with E-state index in [9.17, 15) is 0 Å². The van der Waals surface area contributed by atoms with Gasteiger partial charge in [0.05, 0.1) is 0 Å². The Morgan fingerprint density at radius 3 is 2.72 bits per heavy atom. The largest absolute Gasteiger partial charge is 0.306 e. The molecule has 1 heterocycles. The number of hydrogen-bond donors (Lipinski definition) is 1. The van der Waals surface area contributed by atoms with E-state index in [0.717, 1.165) is 5.92 Å². The molecule has 0 aliphatic heterocycles. The fourth-order valence-corrected chi connectivity index (χ4v) is 5.33. The molecule has 1 N–H and O–H groups in total. The molecule has 1 aromatic rings. The maximum Gasteiger partial charge on any atom is 0.0388 e. The summed E-state index contributed by atoms with van der Waals surface area (Å²) in [5.74, 6) is 0.926. The fraction of sp³-hybridized carbons (Fsp3) is 0.750. The molecule has 2 heteroatoms. The average Bonchev–Trinajstić information content (AvgIpc) is 2.96. The summed E-state index contributed by atoms with van der Waals surface area (Å²) in [6.45, 7) is 9.76. The van der Waals surface area contributed by atoms with Crippen LogP contribution in [-0.4, -0.2) is 6.04 Å². The van der Waals surface area contributed by atoms with Crippen LogP contribution in [0.2, 0.25) is 0 Å². The molecule has 4 atom stereocenters. The van der Waals surface area contributed by atoms with Crippen LogP contribution in [0, 0.1) is 16.7 Å². The fourth-order valence-electron chi connectivity index (χ4n) is 4.59. The van der Waals surface area contributed by atoms with Gasteiger partial charge in [-0.15, -0.1) is 11.3 Å². The maximum atomic E-state index is 3.95. The lowest BCUT2D eigenvalue weighted by molar-refractivity contribution is 0.101. The van der Waals surface area contributed by atoms with Crippen LogP contribution < -0.4 is 5.32 Å². The number of nitrogens with one attached hydrogen (secondary N) is 1. The van der Waals surface area contributed by atoms with Crippen LogP contribution in [0.3, 0.4) is 0 Å². The van der Waals surface area contributed by atoms with Gasteiger partial charge in [0.25, 0.3) is 0 Å². The summed E-state index contributed by atoms with van der Waals surface area (Å²) in [6.07, 6.45) is 4.28. The first-order valence-corrected chi connectivity index (χ1v) is 8.11. The summed E-state index contributed by atoms with van der Waals surface area (Å²) < 4.78 is 0. The third-order valence-electron chi connectivity index (χ3n) is 5.66. The van der Waals surface area contributed by atoms with Crippen molar-refractivity contribution >= 4 is 11.3 Å². The first kappa shape index (κ1) is 12.7. The van der Waals surface area contributed by atoms with Crippen molar-refractivity contribution in [1.82, 2.24) is 5.32 Å². The van der Waals surface area contributed by atoms with E-state index in [-0.39, 0.29) is 0 Å². The van der Waals surface area contributed by atoms with Crippen LogP contribution in [0.1, 0.15) is 57.9 Å². The van der Waals surface area contributed by atoms with Crippen molar-refractivity contribution in [1.29, 1.82) is 0 Å². The topological polar surface area (TPSA) is 12.0 Å².